The number of likely N-dealkylation sites (tertiary alicyclic amines) is 2. The molecule has 0 saturated carbocycles. The van der Waals surface area contributed by atoms with Crippen molar-refractivity contribution in [3.05, 3.63) is 34.2 Å². The summed E-state index contributed by atoms with van der Waals surface area (Å²) in [5, 5.41) is 0. The minimum atomic E-state index is -0.674. The Kier molecular flexibility index (Phi) is 5.84. The van der Waals surface area contributed by atoms with E-state index in [0.717, 1.165) is 28.8 Å². The van der Waals surface area contributed by atoms with Gasteiger partial charge in [-0.05, 0) is 63.6 Å². The number of aromatic nitrogens is 2. The lowest BCUT2D eigenvalue weighted by Gasteiger charge is -2.33. The highest BCUT2D eigenvalue weighted by Gasteiger charge is 2.35. The first-order valence-corrected chi connectivity index (χ1v) is 11.5. The molecule has 3 heterocycles. The number of nitrogens with zero attached hydrogens (tertiary/aromatic N) is 4. The van der Waals surface area contributed by atoms with Crippen LogP contribution in [0.15, 0.2) is 23.0 Å². The molecule has 1 aromatic carbocycles. The third kappa shape index (κ3) is 4.28. The highest BCUT2D eigenvalue weighted by Crippen LogP contribution is 2.32. The summed E-state index contributed by atoms with van der Waals surface area (Å²) in [7, 11) is 3.17. The van der Waals surface area contributed by atoms with Crippen molar-refractivity contribution in [1.29, 1.82) is 0 Å². The van der Waals surface area contributed by atoms with Crippen molar-refractivity contribution in [3.8, 4) is 0 Å². The average molecular weight is 457 g/mol. The van der Waals surface area contributed by atoms with Crippen LogP contribution in [0.5, 0.6) is 0 Å². The molecule has 178 valence electrons. The summed E-state index contributed by atoms with van der Waals surface area (Å²) in [6.07, 6.45) is 1.91. The van der Waals surface area contributed by atoms with Crippen LogP contribution < -0.4 is 5.69 Å². The maximum absolute atomic E-state index is 13.1. The van der Waals surface area contributed by atoms with Gasteiger partial charge in [0.1, 0.15) is 11.6 Å². The first-order valence-electron chi connectivity index (χ1n) is 11.5. The Labute approximate surface area is 192 Å². The molecule has 1 aromatic heterocycles. The van der Waals surface area contributed by atoms with Gasteiger partial charge in [0.05, 0.1) is 11.0 Å². The zero-order valence-electron chi connectivity index (χ0n) is 20.0. The number of fused-ring (bicyclic) bond motifs is 1. The van der Waals surface area contributed by atoms with Gasteiger partial charge in [0.15, 0.2) is 0 Å². The summed E-state index contributed by atoms with van der Waals surface area (Å²) in [5.41, 5.74) is 1.79. The zero-order chi connectivity index (χ0) is 24.1. The second-order valence-corrected chi connectivity index (χ2v) is 10.0. The van der Waals surface area contributed by atoms with Gasteiger partial charge in [-0.2, -0.15) is 0 Å². The quantitative estimate of drug-likeness (QED) is 0.648. The number of imidazole rings is 1. The van der Waals surface area contributed by atoms with E-state index in [9.17, 15) is 19.2 Å². The normalized spacial score (nSPS) is 20.6. The Morgan fingerprint density at radius 2 is 1.67 bits per heavy atom. The van der Waals surface area contributed by atoms with Crippen LogP contribution in [0.25, 0.3) is 11.0 Å². The Morgan fingerprint density at radius 3 is 2.30 bits per heavy atom. The summed E-state index contributed by atoms with van der Waals surface area (Å²) >= 11 is 0. The number of imide groups is 1. The molecule has 2 aliphatic heterocycles. The largest absolute Gasteiger partial charge is 0.444 e. The van der Waals surface area contributed by atoms with E-state index in [1.807, 2.05) is 39.0 Å². The van der Waals surface area contributed by atoms with E-state index in [1.165, 1.54) is 11.6 Å². The maximum atomic E-state index is 13.1. The van der Waals surface area contributed by atoms with E-state index >= 15 is 0 Å². The van der Waals surface area contributed by atoms with Gasteiger partial charge in [-0.3, -0.25) is 23.6 Å². The van der Waals surface area contributed by atoms with E-state index in [4.69, 9.17) is 4.74 Å². The summed E-state index contributed by atoms with van der Waals surface area (Å²) in [5.74, 6) is -0.296. The number of aryl methyl sites for hydroxylation is 1. The average Bonchev–Trinajstić information content (AvgIpc) is 3.01. The van der Waals surface area contributed by atoms with Gasteiger partial charge in [0.2, 0.25) is 5.91 Å². The molecule has 2 fully saturated rings. The fourth-order valence-corrected chi connectivity index (χ4v) is 4.79. The van der Waals surface area contributed by atoms with Crippen LogP contribution in [0, 0.1) is 0 Å². The number of piperidine rings is 2. The molecule has 2 saturated heterocycles. The van der Waals surface area contributed by atoms with Gasteiger partial charge < -0.3 is 9.64 Å². The van der Waals surface area contributed by atoms with E-state index in [-0.39, 0.29) is 35.9 Å². The van der Waals surface area contributed by atoms with Gasteiger partial charge in [0, 0.05) is 33.6 Å². The van der Waals surface area contributed by atoms with E-state index in [1.54, 1.807) is 16.5 Å². The van der Waals surface area contributed by atoms with Gasteiger partial charge in [-0.1, -0.05) is 6.07 Å². The molecule has 0 radical (unpaired) electrons. The van der Waals surface area contributed by atoms with E-state index < -0.39 is 11.6 Å². The number of ether oxygens (including phenoxy) is 1. The summed E-state index contributed by atoms with van der Waals surface area (Å²) < 4.78 is 8.57. The van der Waals surface area contributed by atoms with Crippen molar-refractivity contribution in [1.82, 2.24) is 18.9 Å². The Hall–Kier alpha value is -3.10. The summed E-state index contributed by atoms with van der Waals surface area (Å²) in [6, 6.07) is 5.25. The van der Waals surface area contributed by atoms with Crippen LogP contribution in [0.3, 0.4) is 0 Å². The number of hydrogen-bond donors (Lipinski definition) is 0. The van der Waals surface area contributed by atoms with Crippen molar-refractivity contribution < 1.29 is 19.1 Å². The Bertz CT molecular complexity index is 1160. The molecule has 4 rings (SSSR count). The van der Waals surface area contributed by atoms with Crippen LogP contribution in [0.4, 0.5) is 4.79 Å². The molecule has 0 spiro atoms. The lowest BCUT2D eigenvalue weighted by molar-refractivity contribution is -0.149. The van der Waals surface area contributed by atoms with Crippen molar-refractivity contribution in [2.45, 2.75) is 64.0 Å². The zero-order valence-corrected chi connectivity index (χ0v) is 20.0. The predicted molar refractivity (Wildman–Crippen MR) is 123 cm³/mol. The Morgan fingerprint density at radius 1 is 1.00 bits per heavy atom. The second-order valence-electron chi connectivity index (χ2n) is 10.0. The summed E-state index contributed by atoms with van der Waals surface area (Å²) in [6.45, 7) is 6.82. The maximum Gasteiger partial charge on any atom is 0.410 e. The third-order valence-corrected chi connectivity index (χ3v) is 6.66. The molecule has 0 bridgehead atoms. The molecule has 0 N–H and O–H groups in total. The number of likely N-dealkylation sites (N-methyl/N-ethyl adjacent to an activating group) is 1. The lowest BCUT2D eigenvalue weighted by Crippen LogP contribution is -2.45. The topological polar surface area (TPSA) is 93.9 Å². The monoisotopic (exact) mass is 456 g/mol. The van der Waals surface area contributed by atoms with E-state index in [2.05, 4.69) is 0 Å². The van der Waals surface area contributed by atoms with Gasteiger partial charge in [-0.15, -0.1) is 0 Å². The van der Waals surface area contributed by atoms with E-state index in [0.29, 0.717) is 25.0 Å². The molecule has 3 amide bonds. The molecule has 1 unspecified atom stereocenters. The number of benzene rings is 1. The molecular formula is C24H32N4O5. The predicted octanol–water partition coefficient (Wildman–Crippen LogP) is 2.77. The molecule has 2 aliphatic rings. The number of amides is 3. The molecule has 33 heavy (non-hydrogen) atoms. The van der Waals surface area contributed by atoms with Crippen molar-refractivity contribution in [2.75, 3.05) is 20.1 Å². The van der Waals surface area contributed by atoms with Crippen LogP contribution in [0.1, 0.15) is 64.0 Å². The first-order chi connectivity index (χ1) is 15.5. The SMILES string of the molecule is CN1C(=O)CCC(n2c(=O)n(C)c3cc(C4CCN(C(=O)OC(C)(C)C)CC4)ccc32)C1=O. The standard InChI is InChI=1S/C24H32N4O5/c1-24(2,3)33-23(32)27-12-10-15(11-13-27)16-6-7-17-19(14-16)25(4)22(31)28(17)18-8-9-20(29)26(5)21(18)30/h6-7,14-15,18H,8-13H2,1-5H3. The number of carbonyl (C=O) groups is 3. The molecule has 1 atom stereocenters. The Balaban J connectivity index is 1.56. The molecule has 9 nitrogen and oxygen atoms in total. The highest BCUT2D eigenvalue weighted by molar-refractivity contribution is 5.99. The number of rotatable bonds is 2. The van der Waals surface area contributed by atoms with Gasteiger partial charge in [-0.25, -0.2) is 9.59 Å². The molecule has 9 heteroatoms. The fraction of sp³-hybridized carbons (Fsp3) is 0.583. The van der Waals surface area contributed by atoms with Crippen molar-refractivity contribution in [3.63, 3.8) is 0 Å². The lowest BCUT2D eigenvalue weighted by atomic mass is 9.89. The van der Waals surface area contributed by atoms with Crippen molar-refractivity contribution >= 4 is 28.9 Å². The van der Waals surface area contributed by atoms with Crippen LogP contribution in [0.2, 0.25) is 0 Å². The summed E-state index contributed by atoms with van der Waals surface area (Å²) in [4.78, 5) is 52.9. The van der Waals surface area contributed by atoms with Crippen LogP contribution >= 0.6 is 0 Å². The molecular weight excluding hydrogens is 424 g/mol. The van der Waals surface area contributed by atoms with Crippen LogP contribution in [-0.4, -0.2) is 62.6 Å². The second kappa shape index (κ2) is 8.35. The third-order valence-electron chi connectivity index (χ3n) is 6.66. The molecule has 2 aromatic rings. The number of hydrogen-bond acceptors (Lipinski definition) is 5. The fourth-order valence-electron chi connectivity index (χ4n) is 4.79. The van der Waals surface area contributed by atoms with Crippen LogP contribution in [-0.2, 0) is 21.4 Å². The van der Waals surface area contributed by atoms with Gasteiger partial charge in [0.25, 0.3) is 5.91 Å². The molecule has 0 aliphatic carbocycles. The first kappa shape index (κ1) is 23.1. The van der Waals surface area contributed by atoms with Gasteiger partial charge >= 0.3 is 11.8 Å². The van der Waals surface area contributed by atoms with Crippen molar-refractivity contribution in [2.24, 2.45) is 7.05 Å². The minimum Gasteiger partial charge on any atom is -0.444 e. The number of carbonyl (C=O) groups excluding carboxylic acids is 3. The smallest absolute Gasteiger partial charge is 0.410 e. The highest BCUT2D eigenvalue weighted by atomic mass is 16.6. The minimum absolute atomic E-state index is 0.218.